The highest BCUT2D eigenvalue weighted by Crippen LogP contribution is 2.40. The van der Waals surface area contributed by atoms with Crippen molar-refractivity contribution in [1.82, 2.24) is 19.4 Å². The van der Waals surface area contributed by atoms with Gasteiger partial charge in [-0.3, -0.25) is 9.69 Å². The Kier molecular flexibility index (Phi) is 5.83. The van der Waals surface area contributed by atoms with Gasteiger partial charge < -0.3 is 4.90 Å². The normalized spacial score (nSPS) is 29.7. The van der Waals surface area contributed by atoms with Gasteiger partial charge in [0.1, 0.15) is 5.82 Å². The van der Waals surface area contributed by atoms with E-state index in [4.69, 9.17) is 0 Å². The van der Waals surface area contributed by atoms with Crippen LogP contribution < -0.4 is 0 Å². The van der Waals surface area contributed by atoms with E-state index in [9.17, 15) is 9.18 Å². The van der Waals surface area contributed by atoms with E-state index >= 15 is 0 Å². The van der Waals surface area contributed by atoms with Crippen molar-refractivity contribution in [3.63, 3.8) is 0 Å². The van der Waals surface area contributed by atoms with Crippen molar-refractivity contribution in [2.75, 3.05) is 32.7 Å². The summed E-state index contributed by atoms with van der Waals surface area (Å²) in [5.41, 5.74) is 2.00. The maximum atomic E-state index is 13.4. The molecule has 5 rings (SSSR count). The molecule has 0 unspecified atom stereocenters. The molecule has 3 fully saturated rings. The topological polar surface area (TPSA) is 49.3 Å². The Bertz CT molecular complexity index is 859. The summed E-state index contributed by atoms with van der Waals surface area (Å²) in [4.78, 5) is 17.6. The van der Waals surface area contributed by atoms with Crippen LogP contribution in [-0.2, 0) is 4.79 Å². The standard InChI is InChI=1S/C23H29FN4OS/c24-19-7-5-17(6-8-19)20-12-28(13-21(20)22-15-30-26-25-22)23(29)14-27-10-9-16-3-1-2-4-18(16)11-27/h5-8,15-16,18,20-21H,1-4,9-14H2/t16-,18-,20+,21-/m1/s1. The molecule has 1 aromatic carbocycles. The summed E-state index contributed by atoms with van der Waals surface area (Å²) in [7, 11) is 0. The molecule has 5 nitrogen and oxygen atoms in total. The van der Waals surface area contributed by atoms with Crippen molar-refractivity contribution in [2.45, 2.75) is 43.9 Å². The minimum Gasteiger partial charge on any atom is -0.340 e. The molecule has 1 aromatic heterocycles. The fourth-order valence-corrected chi connectivity index (χ4v) is 6.32. The van der Waals surface area contributed by atoms with E-state index in [1.165, 1.54) is 55.8 Å². The molecule has 0 bridgehead atoms. The molecule has 30 heavy (non-hydrogen) atoms. The zero-order chi connectivity index (χ0) is 20.5. The van der Waals surface area contributed by atoms with Gasteiger partial charge in [0.15, 0.2) is 0 Å². The van der Waals surface area contributed by atoms with Crippen LogP contribution in [0.5, 0.6) is 0 Å². The number of rotatable bonds is 4. The average molecular weight is 429 g/mol. The van der Waals surface area contributed by atoms with Crippen molar-refractivity contribution in [1.29, 1.82) is 0 Å². The first-order valence-electron chi connectivity index (χ1n) is 11.2. The molecule has 3 heterocycles. The molecular formula is C23H29FN4OS. The maximum Gasteiger partial charge on any atom is 0.236 e. The van der Waals surface area contributed by atoms with Crippen LogP contribution in [0.3, 0.4) is 0 Å². The van der Waals surface area contributed by atoms with E-state index in [1.807, 2.05) is 22.4 Å². The van der Waals surface area contributed by atoms with Gasteiger partial charge in [-0.05, 0) is 60.5 Å². The van der Waals surface area contributed by atoms with E-state index in [2.05, 4.69) is 14.5 Å². The number of hydrogen-bond acceptors (Lipinski definition) is 5. The molecule has 3 aliphatic rings. The van der Waals surface area contributed by atoms with Crippen LogP contribution in [0.15, 0.2) is 29.6 Å². The van der Waals surface area contributed by atoms with Crippen LogP contribution in [0.25, 0.3) is 0 Å². The lowest BCUT2D eigenvalue weighted by Gasteiger charge is -2.41. The Morgan fingerprint density at radius 3 is 2.57 bits per heavy atom. The summed E-state index contributed by atoms with van der Waals surface area (Å²) in [5, 5.41) is 6.27. The van der Waals surface area contributed by atoms with Crippen molar-refractivity contribution in [3.8, 4) is 0 Å². The number of amides is 1. The molecule has 160 valence electrons. The Hall–Kier alpha value is -1.86. The molecule has 0 spiro atoms. The zero-order valence-electron chi connectivity index (χ0n) is 17.3. The number of carbonyl (C=O) groups excluding carboxylic acids is 1. The highest BCUT2D eigenvalue weighted by atomic mass is 32.1. The lowest BCUT2D eigenvalue weighted by Crippen LogP contribution is -2.46. The van der Waals surface area contributed by atoms with Gasteiger partial charge in [0.05, 0.1) is 12.2 Å². The maximum absolute atomic E-state index is 13.4. The molecule has 7 heteroatoms. The number of benzene rings is 1. The minimum absolute atomic E-state index is 0.113. The van der Waals surface area contributed by atoms with Crippen LogP contribution in [0.2, 0.25) is 0 Å². The monoisotopic (exact) mass is 428 g/mol. The fraction of sp³-hybridized carbons (Fsp3) is 0.609. The van der Waals surface area contributed by atoms with Gasteiger partial charge in [0.2, 0.25) is 5.91 Å². The van der Waals surface area contributed by atoms with E-state index in [0.29, 0.717) is 19.6 Å². The molecule has 4 atom stereocenters. The quantitative estimate of drug-likeness (QED) is 0.741. The molecule has 1 aliphatic carbocycles. The number of hydrogen-bond donors (Lipinski definition) is 0. The molecule has 1 amide bonds. The second kappa shape index (κ2) is 8.71. The predicted octanol–water partition coefficient (Wildman–Crippen LogP) is 3.90. The molecule has 2 saturated heterocycles. The van der Waals surface area contributed by atoms with Gasteiger partial charge in [-0.2, -0.15) is 0 Å². The Labute approximate surface area is 181 Å². The van der Waals surface area contributed by atoms with Gasteiger partial charge in [0, 0.05) is 36.9 Å². The number of fused-ring (bicyclic) bond motifs is 1. The Balaban J connectivity index is 1.27. The van der Waals surface area contributed by atoms with Gasteiger partial charge >= 0.3 is 0 Å². The van der Waals surface area contributed by atoms with Gasteiger partial charge in [0.25, 0.3) is 0 Å². The average Bonchev–Trinajstić information content (AvgIpc) is 3.44. The van der Waals surface area contributed by atoms with E-state index in [1.54, 1.807) is 0 Å². The molecule has 1 saturated carbocycles. The third-order valence-electron chi connectivity index (χ3n) is 7.46. The summed E-state index contributed by atoms with van der Waals surface area (Å²) in [6.07, 6.45) is 6.67. The van der Waals surface area contributed by atoms with Crippen molar-refractivity contribution < 1.29 is 9.18 Å². The number of halogens is 1. The first-order chi connectivity index (χ1) is 14.7. The number of aromatic nitrogens is 2. The smallest absolute Gasteiger partial charge is 0.236 e. The summed E-state index contributed by atoms with van der Waals surface area (Å²) < 4.78 is 17.5. The van der Waals surface area contributed by atoms with E-state index in [0.717, 1.165) is 36.2 Å². The first-order valence-corrected chi connectivity index (χ1v) is 12.0. The van der Waals surface area contributed by atoms with Crippen LogP contribution in [0.4, 0.5) is 4.39 Å². The Morgan fingerprint density at radius 1 is 1.03 bits per heavy atom. The van der Waals surface area contributed by atoms with Crippen LogP contribution in [0, 0.1) is 17.7 Å². The number of nitrogens with zero attached hydrogens (tertiary/aromatic N) is 4. The third-order valence-corrected chi connectivity index (χ3v) is 7.98. The highest BCUT2D eigenvalue weighted by Gasteiger charge is 2.39. The second-order valence-electron chi connectivity index (χ2n) is 9.22. The second-order valence-corrected chi connectivity index (χ2v) is 9.83. The van der Waals surface area contributed by atoms with Gasteiger partial charge in [-0.1, -0.05) is 35.9 Å². The summed E-state index contributed by atoms with van der Waals surface area (Å²) >= 11 is 1.34. The number of piperidine rings is 1. The third kappa shape index (κ3) is 4.14. The fourth-order valence-electron chi connectivity index (χ4n) is 5.80. The van der Waals surface area contributed by atoms with Crippen molar-refractivity contribution in [3.05, 3.63) is 46.7 Å². The molecule has 0 radical (unpaired) electrons. The lowest BCUT2D eigenvalue weighted by atomic mass is 9.75. The molecular weight excluding hydrogens is 399 g/mol. The lowest BCUT2D eigenvalue weighted by molar-refractivity contribution is -0.132. The zero-order valence-corrected chi connectivity index (χ0v) is 18.1. The van der Waals surface area contributed by atoms with Crippen LogP contribution in [-0.4, -0.2) is 58.0 Å². The predicted molar refractivity (Wildman–Crippen MR) is 115 cm³/mol. The SMILES string of the molecule is O=C(CN1CC[C@H]2CCCC[C@@H]2C1)N1C[C@@H](c2ccc(F)cc2)[C@H](c2csnn2)C1. The van der Waals surface area contributed by atoms with E-state index in [-0.39, 0.29) is 23.6 Å². The summed E-state index contributed by atoms with van der Waals surface area (Å²) in [6.45, 7) is 3.95. The minimum atomic E-state index is -0.234. The van der Waals surface area contributed by atoms with E-state index < -0.39 is 0 Å². The first kappa shape index (κ1) is 20.1. The summed E-state index contributed by atoms with van der Waals surface area (Å²) in [6, 6.07) is 6.69. The Morgan fingerprint density at radius 2 is 1.80 bits per heavy atom. The van der Waals surface area contributed by atoms with Gasteiger partial charge in [-0.25, -0.2) is 4.39 Å². The molecule has 2 aliphatic heterocycles. The largest absolute Gasteiger partial charge is 0.340 e. The van der Waals surface area contributed by atoms with Crippen molar-refractivity contribution in [2.24, 2.45) is 11.8 Å². The van der Waals surface area contributed by atoms with Crippen LogP contribution in [0.1, 0.15) is 55.2 Å². The summed E-state index contributed by atoms with van der Waals surface area (Å²) in [5.74, 6) is 1.87. The van der Waals surface area contributed by atoms with Gasteiger partial charge in [-0.15, -0.1) is 5.10 Å². The molecule has 0 N–H and O–H groups in total. The highest BCUT2D eigenvalue weighted by molar-refractivity contribution is 7.03. The van der Waals surface area contributed by atoms with Crippen LogP contribution >= 0.6 is 11.5 Å². The van der Waals surface area contributed by atoms with Crippen molar-refractivity contribution >= 4 is 17.4 Å². The number of likely N-dealkylation sites (tertiary alicyclic amines) is 2. The number of carbonyl (C=O) groups is 1. The molecule has 2 aromatic rings.